The van der Waals surface area contributed by atoms with E-state index in [4.69, 9.17) is 4.74 Å². The number of benzene rings is 1. The summed E-state index contributed by atoms with van der Waals surface area (Å²) in [6.07, 6.45) is 2.02. The molecule has 2 aliphatic rings. The molecular weight excluding hydrogens is 518 g/mol. The average Bonchev–Trinajstić information content (AvgIpc) is 3.48. The number of nitrogens with zero attached hydrogens (tertiary/aromatic N) is 2. The van der Waals surface area contributed by atoms with Crippen LogP contribution in [-0.2, 0) is 0 Å². The van der Waals surface area contributed by atoms with Crippen LogP contribution < -0.4 is 26.0 Å². The van der Waals surface area contributed by atoms with Gasteiger partial charge in [-0.1, -0.05) is 26.0 Å². The number of halogens is 3. The third-order valence-corrected chi connectivity index (χ3v) is 9.00. The molecule has 37 heavy (non-hydrogen) atoms. The van der Waals surface area contributed by atoms with Gasteiger partial charge in [-0.25, -0.2) is 4.52 Å². The number of nitrogens with one attached hydrogen (secondary N) is 3. The second-order valence-corrected chi connectivity index (χ2v) is 12.9. The summed E-state index contributed by atoms with van der Waals surface area (Å²) in [5, 5.41) is 15.9. The van der Waals surface area contributed by atoms with Crippen molar-refractivity contribution in [2.45, 2.75) is 28.8 Å². The molecule has 196 valence electrons. The lowest BCUT2D eigenvalue weighted by atomic mass is 10.1. The van der Waals surface area contributed by atoms with Crippen LogP contribution in [0.3, 0.4) is 0 Å². The van der Waals surface area contributed by atoms with Crippen LogP contribution in [-0.4, -0.2) is 60.7 Å². The van der Waals surface area contributed by atoms with Gasteiger partial charge >= 0.3 is 5.51 Å². The van der Waals surface area contributed by atoms with E-state index in [1.807, 2.05) is 24.3 Å². The number of fused-ring (bicyclic) bond motifs is 2. The Morgan fingerprint density at radius 2 is 2.14 bits per heavy atom. The SMILES string of the molecule is COc1cc(P(C)C)ccc1NCC#Cc1nn2c(NC34CCNCC3C4)cccc2c1SC(F)(F)F. The van der Waals surface area contributed by atoms with Crippen molar-refractivity contribution in [3.63, 3.8) is 0 Å². The minimum absolute atomic E-state index is 0.0100. The highest BCUT2D eigenvalue weighted by Crippen LogP contribution is 2.50. The minimum Gasteiger partial charge on any atom is -0.495 e. The Morgan fingerprint density at radius 3 is 2.86 bits per heavy atom. The van der Waals surface area contributed by atoms with Gasteiger partial charge in [-0.15, -0.1) is 0 Å². The quantitative estimate of drug-likeness (QED) is 0.221. The van der Waals surface area contributed by atoms with E-state index < -0.39 is 5.51 Å². The lowest BCUT2D eigenvalue weighted by Gasteiger charge is -2.25. The van der Waals surface area contributed by atoms with E-state index >= 15 is 0 Å². The molecule has 6 nitrogen and oxygen atoms in total. The monoisotopic (exact) mass is 547 g/mol. The van der Waals surface area contributed by atoms with Crippen LogP contribution in [0.5, 0.6) is 5.75 Å². The molecule has 2 fully saturated rings. The minimum atomic E-state index is -4.45. The number of hydrogen-bond acceptors (Lipinski definition) is 6. The molecule has 1 saturated heterocycles. The zero-order valence-electron chi connectivity index (χ0n) is 20.9. The number of hydrogen-bond donors (Lipinski definition) is 3. The van der Waals surface area contributed by atoms with Crippen LogP contribution in [0.1, 0.15) is 18.5 Å². The largest absolute Gasteiger partial charge is 0.495 e. The maximum atomic E-state index is 13.5. The van der Waals surface area contributed by atoms with Crippen molar-refractivity contribution in [1.29, 1.82) is 0 Å². The van der Waals surface area contributed by atoms with Crippen LogP contribution in [0, 0.1) is 17.8 Å². The van der Waals surface area contributed by atoms with E-state index in [9.17, 15) is 13.2 Å². The van der Waals surface area contributed by atoms with Gasteiger partial charge in [0.15, 0.2) is 0 Å². The Balaban J connectivity index is 1.41. The Kier molecular flexibility index (Phi) is 7.23. The first-order chi connectivity index (χ1) is 17.7. The Labute approximate surface area is 219 Å². The predicted octanol–water partition coefficient (Wildman–Crippen LogP) is 4.95. The molecule has 0 radical (unpaired) electrons. The number of pyridine rings is 1. The zero-order chi connectivity index (χ0) is 26.2. The molecule has 11 heteroatoms. The molecule has 1 saturated carbocycles. The number of piperidine rings is 1. The van der Waals surface area contributed by atoms with Gasteiger partial charge in [0.1, 0.15) is 17.3 Å². The standard InChI is InChI=1S/C26H29F3N5OPS/c1-35-22-14-18(36(2)3)9-10-19(22)31-12-5-6-20-24(37-26(27,28)29)21-7-4-8-23(34(21)33-20)32-25-11-13-30-16-17(25)15-25/h4,7-10,14,17,30-32H,11-13,15-16H2,1-3H3. The summed E-state index contributed by atoms with van der Waals surface area (Å²) in [5.41, 5.74) is -3.18. The Morgan fingerprint density at radius 1 is 1.30 bits per heavy atom. The van der Waals surface area contributed by atoms with E-state index in [0.29, 0.717) is 23.0 Å². The molecular formula is C26H29F3N5OPS. The maximum Gasteiger partial charge on any atom is 0.446 e. The summed E-state index contributed by atoms with van der Waals surface area (Å²) in [7, 11) is 1.35. The van der Waals surface area contributed by atoms with Crippen LogP contribution in [0.25, 0.3) is 5.52 Å². The van der Waals surface area contributed by atoms with Gasteiger partial charge < -0.3 is 20.7 Å². The highest BCUT2D eigenvalue weighted by molar-refractivity contribution is 8.00. The van der Waals surface area contributed by atoms with Crippen molar-refractivity contribution >= 4 is 42.0 Å². The lowest BCUT2D eigenvalue weighted by Crippen LogP contribution is -2.38. The number of thioether (sulfide) groups is 1. The van der Waals surface area contributed by atoms with Crippen LogP contribution in [0.15, 0.2) is 41.3 Å². The summed E-state index contributed by atoms with van der Waals surface area (Å²) in [4.78, 5) is 0.0139. The van der Waals surface area contributed by atoms with E-state index in [0.717, 1.165) is 31.6 Å². The van der Waals surface area contributed by atoms with Crippen LogP contribution in [0.2, 0.25) is 0 Å². The van der Waals surface area contributed by atoms with E-state index in [1.165, 1.54) is 5.30 Å². The summed E-state index contributed by atoms with van der Waals surface area (Å²) in [6, 6.07) is 11.3. The first kappa shape index (κ1) is 26.0. The normalized spacial score (nSPS) is 20.8. The van der Waals surface area contributed by atoms with E-state index in [-0.39, 0.29) is 42.4 Å². The summed E-state index contributed by atoms with van der Waals surface area (Å²) < 4.78 is 47.5. The third-order valence-electron chi connectivity index (χ3n) is 6.85. The van der Waals surface area contributed by atoms with Gasteiger partial charge in [0.2, 0.25) is 0 Å². The van der Waals surface area contributed by atoms with Crippen molar-refractivity contribution in [2.24, 2.45) is 5.92 Å². The first-order valence-corrected chi connectivity index (χ1v) is 15.1. The van der Waals surface area contributed by atoms with Gasteiger partial charge in [0.05, 0.1) is 29.8 Å². The Bertz CT molecular complexity index is 1370. The molecule has 2 unspecified atom stereocenters. The number of anilines is 2. The van der Waals surface area contributed by atoms with Crippen LogP contribution >= 0.6 is 19.7 Å². The van der Waals surface area contributed by atoms with Gasteiger partial charge in [-0.2, -0.15) is 18.3 Å². The van der Waals surface area contributed by atoms with Crippen molar-refractivity contribution in [2.75, 3.05) is 50.7 Å². The van der Waals surface area contributed by atoms with Gasteiger partial charge in [0, 0.05) is 12.1 Å². The number of methoxy groups -OCH3 is 1. The van der Waals surface area contributed by atoms with Crippen molar-refractivity contribution in [3.05, 3.63) is 42.1 Å². The summed E-state index contributed by atoms with van der Waals surface area (Å²) >= 11 is -0.170. The second-order valence-electron chi connectivity index (χ2n) is 9.50. The summed E-state index contributed by atoms with van der Waals surface area (Å²) in [6.45, 7) is 6.44. The molecule has 1 aromatic carbocycles. The van der Waals surface area contributed by atoms with Crippen molar-refractivity contribution in [1.82, 2.24) is 14.9 Å². The first-order valence-electron chi connectivity index (χ1n) is 12.0. The predicted molar refractivity (Wildman–Crippen MR) is 146 cm³/mol. The number of aromatic nitrogens is 2. The molecule has 2 aromatic heterocycles. The Hall–Kier alpha value is -2.60. The molecule has 0 spiro atoms. The maximum absolute atomic E-state index is 13.5. The summed E-state index contributed by atoms with van der Waals surface area (Å²) in [5.74, 6) is 7.74. The molecule has 2 atom stereocenters. The van der Waals surface area contributed by atoms with E-state index in [2.05, 4.69) is 46.2 Å². The fourth-order valence-corrected chi connectivity index (χ4v) is 6.25. The number of alkyl halides is 3. The lowest BCUT2D eigenvalue weighted by molar-refractivity contribution is -0.0327. The van der Waals surface area contributed by atoms with Gasteiger partial charge in [-0.05, 0) is 85.9 Å². The second kappa shape index (κ2) is 10.3. The fourth-order valence-electron chi connectivity index (χ4n) is 4.82. The van der Waals surface area contributed by atoms with Crippen molar-refractivity contribution < 1.29 is 17.9 Å². The van der Waals surface area contributed by atoms with E-state index in [1.54, 1.807) is 23.8 Å². The zero-order valence-corrected chi connectivity index (χ0v) is 22.6. The van der Waals surface area contributed by atoms with Gasteiger partial charge in [-0.3, -0.25) is 0 Å². The average molecular weight is 548 g/mol. The van der Waals surface area contributed by atoms with Crippen LogP contribution in [0.4, 0.5) is 24.7 Å². The highest BCUT2D eigenvalue weighted by atomic mass is 32.2. The molecule has 1 aliphatic carbocycles. The number of rotatable bonds is 7. The molecule has 3 aromatic rings. The molecule has 0 amide bonds. The smallest absolute Gasteiger partial charge is 0.446 e. The fraction of sp³-hybridized carbons (Fsp3) is 0.423. The van der Waals surface area contributed by atoms with Crippen molar-refractivity contribution in [3.8, 4) is 17.6 Å². The molecule has 0 bridgehead atoms. The topological polar surface area (TPSA) is 62.6 Å². The highest BCUT2D eigenvalue weighted by Gasteiger charge is 2.55. The number of ether oxygens (including phenoxy) is 1. The molecule has 3 N–H and O–H groups in total. The molecule has 1 aliphatic heterocycles. The molecule has 3 heterocycles. The van der Waals surface area contributed by atoms with Gasteiger partial charge in [0.25, 0.3) is 0 Å². The molecule has 5 rings (SSSR count). The third kappa shape index (κ3) is 5.64.